The Morgan fingerprint density at radius 3 is 2.41 bits per heavy atom. The van der Waals surface area contributed by atoms with Crippen molar-refractivity contribution in [3.8, 4) is 28.4 Å². The standard InChI is InChI=1S/C32H32F2O6S/c1-17-11-22(39-20-7-9-41(37)10-8-20)12-18(2)30(17)32-24-5-6-27(31(24)25(33)15-26(32)34)40-21-3-4-23-19(13-29(35)36)16-38-28(23)14-21/h3-4,11-12,14-15,19-20,27H,5-10,13,16H2,1-2H3,(H,35,36)/t19-,20?,27-,41?/m1/s1. The summed E-state index contributed by atoms with van der Waals surface area (Å²) in [5, 5.41) is 9.15. The molecule has 3 aromatic carbocycles. The van der Waals surface area contributed by atoms with Gasteiger partial charge in [-0.3, -0.25) is 9.00 Å². The number of carboxylic acids is 1. The lowest BCUT2D eigenvalue weighted by Gasteiger charge is -2.24. The fourth-order valence-corrected chi connectivity index (χ4v) is 7.70. The van der Waals surface area contributed by atoms with Gasteiger partial charge in [0.15, 0.2) is 0 Å². The molecule has 6 rings (SSSR count). The van der Waals surface area contributed by atoms with Gasteiger partial charge in [-0.05, 0) is 80.0 Å². The number of carbonyl (C=O) groups is 1. The van der Waals surface area contributed by atoms with Gasteiger partial charge in [0, 0.05) is 57.0 Å². The predicted molar refractivity (Wildman–Crippen MR) is 151 cm³/mol. The number of aliphatic carboxylic acids is 1. The number of carboxylic acid groups (broad SMARTS) is 1. The fraction of sp³-hybridized carbons (Fsp3) is 0.406. The molecule has 1 fully saturated rings. The highest BCUT2D eigenvalue weighted by Crippen LogP contribution is 2.46. The largest absolute Gasteiger partial charge is 0.492 e. The van der Waals surface area contributed by atoms with Crippen LogP contribution < -0.4 is 14.2 Å². The summed E-state index contributed by atoms with van der Waals surface area (Å²) in [6.45, 7) is 4.11. The molecular formula is C32H32F2O6S. The Hall–Kier alpha value is -3.46. The number of halogens is 2. The number of fused-ring (bicyclic) bond motifs is 2. The second-order valence-electron chi connectivity index (χ2n) is 11.2. The monoisotopic (exact) mass is 582 g/mol. The highest BCUT2D eigenvalue weighted by atomic mass is 32.2. The average molecular weight is 583 g/mol. The molecule has 0 radical (unpaired) electrons. The Bertz CT molecular complexity index is 1520. The molecule has 0 bridgehead atoms. The van der Waals surface area contributed by atoms with Crippen LogP contribution in [0.4, 0.5) is 8.78 Å². The molecule has 216 valence electrons. The minimum atomic E-state index is -0.886. The van der Waals surface area contributed by atoms with Crippen LogP contribution in [0, 0.1) is 25.5 Å². The Balaban J connectivity index is 1.27. The zero-order valence-electron chi connectivity index (χ0n) is 23.0. The molecule has 3 aliphatic rings. The van der Waals surface area contributed by atoms with Gasteiger partial charge in [-0.1, -0.05) is 6.07 Å². The first-order valence-corrected chi connectivity index (χ1v) is 15.5. The summed E-state index contributed by atoms with van der Waals surface area (Å²) >= 11 is 0. The highest BCUT2D eigenvalue weighted by molar-refractivity contribution is 7.85. The van der Waals surface area contributed by atoms with Gasteiger partial charge < -0.3 is 19.3 Å². The molecule has 1 N–H and O–H groups in total. The minimum absolute atomic E-state index is 0.00901. The number of hydrogen-bond acceptors (Lipinski definition) is 5. The molecule has 0 aromatic heterocycles. The summed E-state index contributed by atoms with van der Waals surface area (Å²) in [4.78, 5) is 11.2. The van der Waals surface area contributed by atoms with Crippen LogP contribution in [0.15, 0.2) is 36.4 Å². The molecule has 41 heavy (non-hydrogen) atoms. The van der Waals surface area contributed by atoms with Gasteiger partial charge in [0.05, 0.1) is 13.0 Å². The summed E-state index contributed by atoms with van der Waals surface area (Å²) < 4.78 is 60.6. The van der Waals surface area contributed by atoms with Crippen molar-refractivity contribution >= 4 is 16.8 Å². The van der Waals surface area contributed by atoms with E-state index in [0.29, 0.717) is 64.9 Å². The van der Waals surface area contributed by atoms with Crippen LogP contribution >= 0.6 is 0 Å². The van der Waals surface area contributed by atoms with E-state index in [-0.39, 0.29) is 18.4 Å². The minimum Gasteiger partial charge on any atom is -0.492 e. The summed E-state index contributed by atoms with van der Waals surface area (Å²) in [7, 11) is -0.769. The molecule has 2 atom stereocenters. The van der Waals surface area contributed by atoms with E-state index in [4.69, 9.17) is 19.3 Å². The van der Waals surface area contributed by atoms with Crippen molar-refractivity contribution in [2.75, 3.05) is 18.1 Å². The third-order valence-electron chi connectivity index (χ3n) is 8.31. The van der Waals surface area contributed by atoms with E-state index in [2.05, 4.69) is 0 Å². The molecule has 9 heteroatoms. The zero-order chi connectivity index (χ0) is 28.8. The lowest BCUT2D eigenvalue weighted by Crippen LogP contribution is -2.27. The Morgan fingerprint density at radius 1 is 0.976 bits per heavy atom. The predicted octanol–water partition coefficient (Wildman–Crippen LogP) is 6.56. The van der Waals surface area contributed by atoms with E-state index in [0.717, 1.165) is 41.2 Å². The van der Waals surface area contributed by atoms with E-state index in [1.54, 1.807) is 18.2 Å². The number of aryl methyl sites for hydroxylation is 2. The van der Waals surface area contributed by atoms with Crippen molar-refractivity contribution in [2.24, 2.45) is 0 Å². The van der Waals surface area contributed by atoms with E-state index < -0.39 is 34.5 Å². The molecule has 1 saturated heterocycles. The zero-order valence-corrected chi connectivity index (χ0v) is 23.8. The molecular weight excluding hydrogens is 550 g/mol. The fourth-order valence-electron chi connectivity index (χ4n) is 6.44. The van der Waals surface area contributed by atoms with Crippen LogP contribution in [0.5, 0.6) is 17.2 Å². The van der Waals surface area contributed by atoms with E-state index in [9.17, 15) is 9.00 Å². The van der Waals surface area contributed by atoms with Crippen LogP contribution in [-0.4, -0.2) is 39.5 Å². The normalized spacial score (nSPS) is 23.0. The van der Waals surface area contributed by atoms with Crippen molar-refractivity contribution in [2.45, 2.75) is 64.1 Å². The van der Waals surface area contributed by atoms with Crippen LogP contribution in [-0.2, 0) is 22.0 Å². The number of benzene rings is 3. The molecule has 2 heterocycles. The van der Waals surface area contributed by atoms with Gasteiger partial charge in [-0.15, -0.1) is 0 Å². The Kier molecular flexibility index (Phi) is 7.49. The van der Waals surface area contributed by atoms with Gasteiger partial charge in [0.2, 0.25) is 0 Å². The van der Waals surface area contributed by atoms with Crippen molar-refractivity contribution in [1.29, 1.82) is 0 Å². The number of rotatable bonds is 7. The maximum Gasteiger partial charge on any atom is 0.304 e. The van der Waals surface area contributed by atoms with Gasteiger partial charge in [0.1, 0.15) is 41.1 Å². The lowest BCUT2D eigenvalue weighted by molar-refractivity contribution is -0.137. The lowest BCUT2D eigenvalue weighted by atomic mass is 9.89. The molecule has 2 aliphatic heterocycles. The second-order valence-corrected chi connectivity index (χ2v) is 12.9. The van der Waals surface area contributed by atoms with E-state index in [1.807, 2.05) is 26.0 Å². The van der Waals surface area contributed by atoms with E-state index >= 15 is 8.78 Å². The summed E-state index contributed by atoms with van der Waals surface area (Å²) in [6, 6.07) is 10.0. The molecule has 0 saturated carbocycles. The molecule has 0 unspecified atom stereocenters. The van der Waals surface area contributed by atoms with Crippen molar-refractivity contribution in [1.82, 2.24) is 0 Å². The molecule has 0 spiro atoms. The van der Waals surface area contributed by atoms with Crippen molar-refractivity contribution in [3.63, 3.8) is 0 Å². The number of hydrogen-bond donors (Lipinski definition) is 1. The molecule has 3 aromatic rings. The first-order chi connectivity index (χ1) is 19.7. The maximum absolute atomic E-state index is 15.5. The van der Waals surface area contributed by atoms with Gasteiger partial charge in [-0.2, -0.15) is 0 Å². The van der Waals surface area contributed by atoms with Gasteiger partial charge in [0.25, 0.3) is 0 Å². The Labute approximate surface area is 240 Å². The van der Waals surface area contributed by atoms with Crippen LogP contribution in [0.3, 0.4) is 0 Å². The van der Waals surface area contributed by atoms with Crippen LogP contribution in [0.2, 0.25) is 0 Å². The van der Waals surface area contributed by atoms with E-state index in [1.165, 1.54) is 0 Å². The van der Waals surface area contributed by atoms with Crippen molar-refractivity contribution < 1.29 is 37.1 Å². The quantitative estimate of drug-likeness (QED) is 0.340. The average Bonchev–Trinajstić information content (AvgIpc) is 3.51. The molecule has 0 amide bonds. The molecule has 1 aliphatic carbocycles. The highest BCUT2D eigenvalue weighted by Gasteiger charge is 2.34. The topological polar surface area (TPSA) is 82.1 Å². The van der Waals surface area contributed by atoms with Crippen molar-refractivity contribution in [3.05, 3.63) is 75.8 Å². The summed E-state index contributed by atoms with van der Waals surface area (Å²) in [5.74, 6) is 0.698. The maximum atomic E-state index is 15.5. The third kappa shape index (κ3) is 5.44. The first kappa shape index (κ1) is 27.7. The third-order valence-corrected chi connectivity index (χ3v) is 9.70. The van der Waals surface area contributed by atoms with Crippen LogP contribution in [0.25, 0.3) is 11.1 Å². The van der Waals surface area contributed by atoms with Gasteiger partial charge in [-0.25, -0.2) is 8.78 Å². The van der Waals surface area contributed by atoms with Crippen LogP contribution in [0.1, 0.15) is 65.5 Å². The molecule has 6 nitrogen and oxygen atoms in total. The number of ether oxygens (including phenoxy) is 3. The summed E-state index contributed by atoms with van der Waals surface area (Å²) in [5.41, 5.74) is 4.59. The second kappa shape index (κ2) is 11.1. The summed E-state index contributed by atoms with van der Waals surface area (Å²) in [6.07, 6.45) is 1.83. The first-order valence-electron chi connectivity index (χ1n) is 14.0. The smallest absolute Gasteiger partial charge is 0.304 e. The SMILES string of the molecule is Cc1cc(OC2CCS(=O)CC2)cc(C)c1-c1c(F)cc(F)c2c1CC[C@H]2Oc1ccc2c(c1)OC[C@H]2CC(=O)O. The van der Waals surface area contributed by atoms with Gasteiger partial charge >= 0.3 is 5.97 Å². The Morgan fingerprint density at radius 2 is 1.71 bits per heavy atom.